The minimum atomic E-state index is -0.286. The predicted octanol–water partition coefficient (Wildman–Crippen LogP) is 5.27. The number of nitrogens with zero attached hydrogens (tertiary/aromatic N) is 2. The summed E-state index contributed by atoms with van der Waals surface area (Å²) in [6.07, 6.45) is 5.41. The van der Waals surface area contributed by atoms with Gasteiger partial charge in [0, 0.05) is 30.8 Å². The Balaban J connectivity index is 1.72. The maximum absolute atomic E-state index is 11.5. The molecule has 3 atom stereocenters. The number of hydrogen-bond donors (Lipinski definition) is 1. The number of nitrogens with one attached hydrogen (secondary N) is 1. The summed E-state index contributed by atoms with van der Waals surface area (Å²) in [6, 6.07) is 14.1. The summed E-state index contributed by atoms with van der Waals surface area (Å²) in [7, 11) is 0. The standard InChI is InChI=1S/C22H25N3O2/c1-3-24(4-2)16-13-11-15(12-14-16)21-18-8-5-7-17(18)19-9-6-10-20(25(26)27)22(19)23-21/h5-7,9-14,17-18,21,23H,3-4,8H2,1-2H3. The highest BCUT2D eigenvalue weighted by Gasteiger charge is 2.40. The summed E-state index contributed by atoms with van der Waals surface area (Å²) >= 11 is 0. The average molecular weight is 363 g/mol. The molecule has 2 aromatic rings. The smallest absolute Gasteiger partial charge is 0.292 e. The topological polar surface area (TPSA) is 58.4 Å². The Morgan fingerprint density at radius 3 is 2.56 bits per heavy atom. The van der Waals surface area contributed by atoms with E-state index in [0.29, 0.717) is 11.6 Å². The monoisotopic (exact) mass is 363 g/mol. The zero-order chi connectivity index (χ0) is 19.0. The molecule has 4 rings (SSSR count). The van der Waals surface area contributed by atoms with Gasteiger partial charge in [-0.1, -0.05) is 36.4 Å². The van der Waals surface area contributed by atoms with Gasteiger partial charge in [0.25, 0.3) is 5.69 Å². The molecule has 1 heterocycles. The Morgan fingerprint density at radius 1 is 1.15 bits per heavy atom. The van der Waals surface area contributed by atoms with Gasteiger partial charge in [-0.2, -0.15) is 0 Å². The van der Waals surface area contributed by atoms with Gasteiger partial charge < -0.3 is 10.2 Å². The van der Waals surface area contributed by atoms with Crippen LogP contribution in [0, 0.1) is 16.0 Å². The lowest BCUT2D eigenvalue weighted by Gasteiger charge is -2.37. The fourth-order valence-electron chi connectivity index (χ4n) is 4.57. The largest absolute Gasteiger partial charge is 0.372 e. The fourth-order valence-corrected chi connectivity index (χ4v) is 4.57. The van der Waals surface area contributed by atoms with Crippen molar-refractivity contribution in [2.75, 3.05) is 23.3 Å². The third-order valence-corrected chi connectivity index (χ3v) is 5.95. The van der Waals surface area contributed by atoms with E-state index < -0.39 is 0 Å². The highest BCUT2D eigenvalue weighted by atomic mass is 16.6. The van der Waals surface area contributed by atoms with Gasteiger partial charge in [0.15, 0.2) is 0 Å². The van der Waals surface area contributed by atoms with Crippen LogP contribution in [0.4, 0.5) is 17.1 Å². The molecule has 2 aromatic carbocycles. The number of benzene rings is 2. The molecule has 0 saturated heterocycles. The van der Waals surface area contributed by atoms with E-state index in [0.717, 1.165) is 25.1 Å². The molecule has 0 fully saturated rings. The van der Waals surface area contributed by atoms with Crippen molar-refractivity contribution in [3.63, 3.8) is 0 Å². The molecule has 0 spiro atoms. The van der Waals surface area contributed by atoms with Crippen LogP contribution in [-0.4, -0.2) is 18.0 Å². The molecule has 2 aliphatic rings. The maximum Gasteiger partial charge on any atom is 0.292 e. The molecule has 5 heteroatoms. The number of allylic oxidation sites excluding steroid dienone is 2. The number of rotatable bonds is 5. The second-order valence-electron chi connectivity index (χ2n) is 7.24. The van der Waals surface area contributed by atoms with Gasteiger partial charge in [-0.05, 0) is 49.4 Å². The predicted molar refractivity (Wildman–Crippen MR) is 109 cm³/mol. The van der Waals surface area contributed by atoms with E-state index in [2.05, 4.69) is 60.5 Å². The lowest BCUT2D eigenvalue weighted by Crippen LogP contribution is -2.29. The molecular weight excluding hydrogens is 338 g/mol. The summed E-state index contributed by atoms with van der Waals surface area (Å²) in [5, 5.41) is 15.1. The molecule has 0 amide bonds. The van der Waals surface area contributed by atoms with Crippen molar-refractivity contribution in [3.8, 4) is 0 Å². The molecule has 140 valence electrons. The van der Waals surface area contributed by atoms with E-state index >= 15 is 0 Å². The Labute approximate surface area is 159 Å². The first kappa shape index (κ1) is 17.6. The van der Waals surface area contributed by atoms with Gasteiger partial charge in [0.2, 0.25) is 0 Å². The van der Waals surface area contributed by atoms with Crippen LogP contribution in [0.1, 0.15) is 43.4 Å². The van der Waals surface area contributed by atoms with Crippen molar-refractivity contribution in [2.24, 2.45) is 5.92 Å². The Morgan fingerprint density at radius 2 is 1.89 bits per heavy atom. The van der Waals surface area contributed by atoms with Crippen LogP contribution in [0.25, 0.3) is 0 Å². The Bertz CT molecular complexity index is 872. The molecule has 27 heavy (non-hydrogen) atoms. The number of hydrogen-bond acceptors (Lipinski definition) is 4. The molecule has 3 unspecified atom stereocenters. The molecule has 1 aliphatic carbocycles. The van der Waals surface area contributed by atoms with Crippen LogP contribution in [0.3, 0.4) is 0 Å². The van der Waals surface area contributed by atoms with E-state index in [1.807, 2.05) is 6.07 Å². The van der Waals surface area contributed by atoms with Gasteiger partial charge in [0.05, 0.1) is 11.0 Å². The fraction of sp³-hybridized carbons (Fsp3) is 0.364. The highest BCUT2D eigenvalue weighted by molar-refractivity contribution is 5.71. The Hall–Kier alpha value is -2.82. The van der Waals surface area contributed by atoms with Gasteiger partial charge in [-0.3, -0.25) is 10.1 Å². The van der Waals surface area contributed by atoms with Gasteiger partial charge in [-0.25, -0.2) is 0 Å². The molecule has 0 saturated carbocycles. The van der Waals surface area contributed by atoms with Crippen LogP contribution in [0.2, 0.25) is 0 Å². The molecule has 0 aromatic heterocycles. The zero-order valence-corrected chi connectivity index (χ0v) is 15.8. The number of para-hydroxylation sites is 1. The van der Waals surface area contributed by atoms with Gasteiger partial charge >= 0.3 is 0 Å². The van der Waals surface area contributed by atoms with Crippen LogP contribution in [-0.2, 0) is 0 Å². The van der Waals surface area contributed by atoms with E-state index in [1.54, 1.807) is 12.1 Å². The molecule has 0 bridgehead atoms. The third-order valence-electron chi connectivity index (χ3n) is 5.95. The summed E-state index contributed by atoms with van der Waals surface area (Å²) in [4.78, 5) is 13.6. The molecule has 0 radical (unpaired) electrons. The number of anilines is 2. The van der Waals surface area contributed by atoms with Gasteiger partial charge in [0.1, 0.15) is 5.69 Å². The first-order valence-corrected chi connectivity index (χ1v) is 9.69. The molecule has 5 nitrogen and oxygen atoms in total. The van der Waals surface area contributed by atoms with Crippen molar-refractivity contribution < 1.29 is 4.92 Å². The number of nitro groups is 1. The van der Waals surface area contributed by atoms with E-state index in [1.165, 1.54) is 11.3 Å². The van der Waals surface area contributed by atoms with Crippen LogP contribution in [0.5, 0.6) is 0 Å². The summed E-state index contributed by atoms with van der Waals surface area (Å²) in [5.41, 5.74) is 4.28. The van der Waals surface area contributed by atoms with Crippen LogP contribution < -0.4 is 10.2 Å². The minimum Gasteiger partial charge on any atom is -0.372 e. The van der Waals surface area contributed by atoms with E-state index in [-0.39, 0.29) is 22.6 Å². The quantitative estimate of drug-likeness (QED) is 0.447. The third kappa shape index (κ3) is 2.97. The number of fused-ring (bicyclic) bond motifs is 3. The second-order valence-corrected chi connectivity index (χ2v) is 7.24. The SMILES string of the molecule is CCN(CC)c1ccc(C2Nc3c(cccc3[N+](=O)[O-])C3C=CCC32)cc1. The normalized spacial score (nSPS) is 22.7. The van der Waals surface area contributed by atoms with Gasteiger partial charge in [-0.15, -0.1) is 0 Å². The lowest BCUT2D eigenvalue weighted by atomic mass is 9.77. The first-order valence-electron chi connectivity index (χ1n) is 9.69. The molecule has 1 aliphatic heterocycles. The summed E-state index contributed by atoms with van der Waals surface area (Å²) in [5.74, 6) is 0.618. The Kier molecular flexibility index (Phi) is 4.60. The van der Waals surface area contributed by atoms with Crippen LogP contribution >= 0.6 is 0 Å². The van der Waals surface area contributed by atoms with Crippen molar-refractivity contribution in [2.45, 2.75) is 32.2 Å². The first-order chi connectivity index (χ1) is 13.1. The summed E-state index contributed by atoms with van der Waals surface area (Å²) in [6.45, 7) is 6.27. The maximum atomic E-state index is 11.5. The second kappa shape index (κ2) is 7.06. The average Bonchev–Trinajstić information content (AvgIpc) is 3.18. The van der Waals surface area contributed by atoms with Crippen molar-refractivity contribution in [1.29, 1.82) is 0 Å². The van der Waals surface area contributed by atoms with Crippen LogP contribution in [0.15, 0.2) is 54.6 Å². The molecular formula is C22H25N3O2. The zero-order valence-electron chi connectivity index (χ0n) is 15.8. The van der Waals surface area contributed by atoms with Crippen molar-refractivity contribution in [3.05, 3.63) is 75.9 Å². The van der Waals surface area contributed by atoms with E-state index in [4.69, 9.17) is 0 Å². The lowest BCUT2D eigenvalue weighted by molar-refractivity contribution is -0.384. The minimum absolute atomic E-state index is 0.0735. The van der Waals surface area contributed by atoms with E-state index in [9.17, 15) is 10.1 Å². The van der Waals surface area contributed by atoms with Crippen molar-refractivity contribution >= 4 is 17.1 Å². The summed E-state index contributed by atoms with van der Waals surface area (Å²) < 4.78 is 0. The highest BCUT2D eigenvalue weighted by Crippen LogP contribution is 2.52. The molecule has 1 N–H and O–H groups in total. The van der Waals surface area contributed by atoms with Crippen molar-refractivity contribution in [1.82, 2.24) is 0 Å². The number of nitro benzene ring substituents is 1.